The number of hydrogen-bond acceptors (Lipinski definition) is 3. The number of carbonyl (C=O) groups excluding carboxylic acids is 1. The van der Waals surface area contributed by atoms with Gasteiger partial charge in [-0.2, -0.15) is 5.10 Å². The Kier molecular flexibility index (Phi) is 3.22. The maximum absolute atomic E-state index is 14.1. The van der Waals surface area contributed by atoms with E-state index in [1.165, 1.54) is 6.07 Å². The van der Waals surface area contributed by atoms with Crippen molar-refractivity contribution in [3.8, 4) is 0 Å². The second-order valence-electron chi connectivity index (χ2n) is 5.51. The number of benzene rings is 1. The number of nitrogens with one attached hydrogen (secondary N) is 1. The summed E-state index contributed by atoms with van der Waals surface area (Å²) in [5.74, 6) is 0.554. The highest BCUT2D eigenvalue weighted by atomic mass is 19.1. The van der Waals surface area contributed by atoms with Gasteiger partial charge in [0.15, 0.2) is 0 Å². The maximum Gasteiger partial charge on any atom is 0.226 e. The van der Waals surface area contributed by atoms with Crippen LogP contribution in [0, 0.1) is 5.82 Å². The molecule has 1 aliphatic rings. The van der Waals surface area contributed by atoms with E-state index in [4.69, 9.17) is 4.42 Å². The number of carbonyl (C=O) groups is 1. The molecule has 0 saturated heterocycles. The van der Waals surface area contributed by atoms with Crippen LogP contribution in [-0.2, 0) is 11.3 Å². The van der Waals surface area contributed by atoms with E-state index in [1.807, 2.05) is 6.07 Å². The van der Waals surface area contributed by atoms with Gasteiger partial charge in [-0.25, -0.2) is 9.07 Å². The molecule has 0 saturated carbocycles. The Morgan fingerprint density at radius 2 is 2.13 bits per heavy atom. The van der Waals surface area contributed by atoms with Crippen molar-refractivity contribution in [3.05, 3.63) is 71.6 Å². The fraction of sp³-hybridized carbons (Fsp3) is 0.176. The van der Waals surface area contributed by atoms with Crippen molar-refractivity contribution < 1.29 is 13.6 Å². The predicted molar refractivity (Wildman–Crippen MR) is 81.5 cm³/mol. The Morgan fingerprint density at radius 1 is 1.26 bits per heavy atom. The first-order valence-electron chi connectivity index (χ1n) is 7.35. The summed E-state index contributed by atoms with van der Waals surface area (Å²) >= 11 is 0. The number of nitrogens with zero attached hydrogens (tertiary/aromatic N) is 2. The first-order chi connectivity index (χ1) is 11.2. The van der Waals surface area contributed by atoms with Crippen molar-refractivity contribution in [2.24, 2.45) is 0 Å². The monoisotopic (exact) mass is 311 g/mol. The molecule has 4 rings (SSSR count). The van der Waals surface area contributed by atoms with Gasteiger partial charge in [0.1, 0.15) is 23.9 Å². The molecule has 1 amide bonds. The van der Waals surface area contributed by atoms with Gasteiger partial charge in [0.2, 0.25) is 5.91 Å². The van der Waals surface area contributed by atoms with E-state index in [2.05, 4.69) is 10.4 Å². The molecule has 23 heavy (non-hydrogen) atoms. The molecule has 5 nitrogen and oxygen atoms in total. The van der Waals surface area contributed by atoms with Crippen LogP contribution in [0.5, 0.6) is 0 Å². The van der Waals surface area contributed by atoms with E-state index >= 15 is 0 Å². The van der Waals surface area contributed by atoms with E-state index in [1.54, 1.807) is 41.4 Å². The van der Waals surface area contributed by atoms with Gasteiger partial charge in [0.25, 0.3) is 0 Å². The Labute approximate surface area is 131 Å². The summed E-state index contributed by atoms with van der Waals surface area (Å²) in [4.78, 5) is 12.1. The Morgan fingerprint density at radius 3 is 2.91 bits per heavy atom. The Bertz CT molecular complexity index is 855. The van der Waals surface area contributed by atoms with E-state index in [0.29, 0.717) is 17.9 Å². The summed E-state index contributed by atoms with van der Waals surface area (Å²) in [7, 11) is 0. The van der Waals surface area contributed by atoms with Crippen LogP contribution in [0.2, 0.25) is 0 Å². The molecule has 1 atom stereocenters. The third kappa shape index (κ3) is 2.42. The van der Waals surface area contributed by atoms with Gasteiger partial charge in [0, 0.05) is 17.9 Å². The second kappa shape index (κ2) is 5.39. The van der Waals surface area contributed by atoms with Crippen LogP contribution in [-0.4, -0.2) is 15.7 Å². The van der Waals surface area contributed by atoms with Gasteiger partial charge < -0.3 is 9.73 Å². The van der Waals surface area contributed by atoms with Crippen LogP contribution in [0.3, 0.4) is 0 Å². The number of halogens is 1. The highest BCUT2D eigenvalue weighted by Gasteiger charge is 2.31. The lowest BCUT2D eigenvalue weighted by molar-refractivity contribution is -0.116. The molecule has 1 aromatic carbocycles. The summed E-state index contributed by atoms with van der Waals surface area (Å²) in [6, 6.07) is 10.2. The lowest BCUT2D eigenvalue weighted by Crippen LogP contribution is -2.25. The largest absolute Gasteiger partial charge is 0.467 e. The van der Waals surface area contributed by atoms with Crippen LogP contribution in [0.15, 0.2) is 53.3 Å². The van der Waals surface area contributed by atoms with Crippen LogP contribution in [0.25, 0.3) is 0 Å². The molecular weight excluding hydrogens is 297 g/mol. The Hall–Kier alpha value is -2.89. The van der Waals surface area contributed by atoms with Crippen molar-refractivity contribution in [1.29, 1.82) is 0 Å². The number of fused-ring (bicyclic) bond motifs is 1. The van der Waals surface area contributed by atoms with Crippen LogP contribution in [0.4, 0.5) is 10.2 Å². The molecule has 0 fully saturated rings. The van der Waals surface area contributed by atoms with E-state index < -0.39 is 0 Å². The average Bonchev–Trinajstić information content (AvgIpc) is 3.18. The standard InChI is InChI=1S/C17H14FN3O2/c18-15-6-2-1-5-12(15)13-8-16(22)20-17-14(13)9-19-21(17)10-11-4-3-7-23-11/h1-7,9,13H,8,10H2,(H,20,22)/t13-/m0/s1. The lowest BCUT2D eigenvalue weighted by Gasteiger charge is -2.24. The first-order valence-corrected chi connectivity index (χ1v) is 7.35. The molecule has 0 bridgehead atoms. The highest BCUT2D eigenvalue weighted by Crippen LogP contribution is 2.38. The van der Waals surface area contributed by atoms with E-state index in [9.17, 15) is 9.18 Å². The SMILES string of the molecule is O=C1C[C@@H](c2ccccc2F)c2cnn(Cc3ccco3)c2N1. The van der Waals surface area contributed by atoms with Crippen molar-refractivity contribution in [2.45, 2.75) is 18.9 Å². The molecule has 3 aromatic rings. The first kappa shape index (κ1) is 13.8. The van der Waals surface area contributed by atoms with Crippen molar-refractivity contribution in [3.63, 3.8) is 0 Å². The number of furan rings is 1. The van der Waals surface area contributed by atoms with Crippen LogP contribution >= 0.6 is 0 Å². The molecule has 1 N–H and O–H groups in total. The quantitative estimate of drug-likeness (QED) is 0.808. The molecule has 0 aliphatic carbocycles. The summed E-state index contributed by atoms with van der Waals surface area (Å²) in [5.41, 5.74) is 1.34. The van der Waals surface area contributed by atoms with Crippen molar-refractivity contribution in [1.82, 2.24) is 9.78 Å². The smallest absolute Gasteiger partial charge is 0.226 e. The van der Waals surface area contributed by atoms with Crippen molar-refractivity contribution in [2.75, 3.05) is 5.32 Å². The zero-order valence-electron chi connectivity index (χ0n) is 12.2. The summed E-state index contributed by atoms with van der Waals surface area (Å²) in [5, 5.41) is 7.17. The predicted octanol–water partition coefficient (Wildman–Crippen LogP) is 3.14. The van der Waals surface area contributed by atoms with Crippen molar-refractivity contribution >= 4 is 11.7 Å². The topological polar surface area (TPSA) is 60.1 Å². The van der Waals surface area contributed by atoms with Crippen LogP contribution in [0.1, 0.15) is 29.2 Å². The molecule has 0 radical (unpaired) electrons. The Balaban J connectivity index is 1.75. The summed E-state index contributed by atoms with van der Waals surface area (Å²) < 4.78 is 21.1. The zero-order chi connectivity index (χ0) is 15.8. The molecule has 6 heteroatoms. The van der Waals surface area contributed by atoms with Gasteiger partial charge in [-0.15, -0.1) is 0 Å². The zero-order valence-corrected chi connectivity index (χ0v) is 12.2. The normalized spacial score (nSPS) is 16.9. The van der Waals surface area contributed by atoms with Gasteiger partial charge in [-0.1, -0.05) is 18.2 Å². The highest BCUT2D eigenvalue weighted by molar-refractivity contribution is 5.94. The second-order valence-corrected chi connectivity index (χ2v) is 5.51. The molecule has 116 valence electrons. The minimum atomic E-state index is -0.328. The maximum atomic E-state index is 14.1. The molecule has 2 aromatic heterocycles. The molecule has 3 heterocycles. The number of amides is 1. The number of hydrogen-bond donors (Lipinski definition) is 1. The van der Waals surface area contributed by atoms with Gasteiger partial charge in [0.05, 0.1) is 12.5 Å². The number of anilines is 1. The molecule has 0 unspecified atom stereocenters. The minimum absolute atomic E-state index is 0.146. The fourth-order valence-electron chi connectivity index (χ4n) is 2.98. The summed E-state index contributed by atoms with van der Waals surface area (Å²) in [6.45, 7) is 0.409. The van der Waals surface area contributed by atoms with Gasteiger partial charge in [-0.05, 0) is 23.8 Å². The summed E-state index contributed by atoms with van der Waals surface area (Å²) in [6.07, 6.45) is 3.49. The number of rotatable bonds is 3. The van der Waals surface area contributed by atoms with E-state index in [-0.39, 0.29) is 24.1 Å². The minimum Gasteiger partial charge on any atom is -0.467 e. The third-order valence-electron chi connectivity index (χ3n) is 4.06. The fourth-order valence-corrected chi connectivity index (χ4v) is 2.98. The average molecular weight is 311 g/mol. The van der Waals surface area contributed by atoms with E-state index in [0.717, 1.165) is 11.3 Å². The van der Waals surface area contributed by atoms with Gasteiger partial charge >= 0.3 is 0 Å². The molecular formula is C17H14FN3O2. The van der Waals surface area contributed by atoms with Gasteiger partial charge in [-0.3, -0.25) is 4.79 Å². The number of aromatic nitrogens is 2. The van der Waals surface area contributed by atoms with Crippen LogP contribution < -0.4 is 5.32 Å². The lowest BCUT2D eigenvalue weighted by atomic mass is 9.87. The molecule has 1 aliphatic heterocycles. The molecule has 0 spiro atoms. The third-order valence-corrected chi connectivity index (χ3v) is 4.06.